The number of piperidine rings is 2. The van der Waals surface area contributed by atoms with E-state index in [4.69, 9.17) is 0 Å². The Hall–Kier alpha value is -1.73. The molecule has 0 radical (unpaired) electrons. The number of hydrogen-bond acceptors (Lipinski definition) is 3. The summed E-state index contributed by atoms with van der Waals surface area (Å²) in [5, 5.41) is 0. The molecule has 7 heteroatoms. The lowest BCUT2D eigenvalue weighted by Crippen LogP contribution is -3.41. The second-order valence-electron chi connectivity index (χ2n) is 9.35. The number of aromatic amines is 2. The quantitative estimate of drug-likeness (QED) is 0.503. The fourth-order valence-corrected chi connectivity index (χ4v) is 5.99. The van der Waals surface area contributed by atoms with Crippen LogP contribution in [0.1, 0.15) is 45.1 Å². The van der Waals surface area contributed by atoms with Crippen molar-refractivity contribution in [1.82, 2.24) is 9.97 Å². The molecule has 4 bridgehead atoms. The lowest BCUT2D eigenvalue weighted by atomic mass is 9.53. The second-order valence-corrected chi connectivity index (χ2v) is 9.35. The number of nitrogens with one attached hydrogen (secondary N) is 4. The van der Waals surface area contributed by atoms with E-state index in [1.807, 2.05) is 0 Å². The van der Waals surface area contributed by atoms with Gasteiger partial charge in [0, 0.05) is 5.56 Å². The van der Waals surface area contributed by atoms with Crippen molar-refractivity contribution in [3.05, 3.63) is 32.1 Å². The molecule has 4 aliphatic heterocycles. The zero-order valence-electron chi connectivity index (χ0n) is 16.3. The smallest absolute Gasteiger partial charge is 0.300 e. The summed E-state index contributed by atoms with van der Waals surface area (Å²) in [7, 11) is 0. The minimum Gasteiger partial charge on any atom is -0.300 e. The molecule has 5 heterocycles. The lowest BCUT2D eigenvalue weighted by molar-refractivity contribution is -1.18. The Morgan fingerprint density at radius 1 is 0.885 bits per heavy atom. The summed E-state index contributed by atoms with van der Waals surface area (Å²) in [5.74, 6) is 1.04. The van der Waals surface area contributed by atoms with Gasteiger partial charge in [-0.1, -0.05) is 27.7 Å². The van der Waals surface area contributed by atoms with Crippen LogP contribution in [0.25, 0.3) is 0 Å². The van der Waals surface area contributed by atoms with E-state index in [9.17, 15) is 14.4 Å². The molecule has 4 N–H and O–H groups in total. The van der Waals surface area contributed by atoms with Crippen LogP contribution in [0.15, 0.2) is 9.59 Å². The SMILES string of the molecule is Cc1c(C2[NH+]3CC4(C(C)C)C[NH+]2CC(C(C)C)(C3)C4=O)[nH]c(=O)[nH]c1=O. The van der Waals surface area contributed by atoms with Crippen LogP contribution in [0.5, 0.6) is 0 Å². The number of carbonyl (C=O) groups is 1. The van der Waals surface area contributed by atoms with Crippen LogP contribution >= 0.6 is 0 Å². The molecule has 0 aromatic carbocycles. The highest BCUT2D eigenvalue weighted by atomic mass is 16.2. The van der Waals surface area contributed by atoms with Gasteiger partial charge in [-0.15, -0.1) is 0 Å². The first-order chi connectivity index (χ1) is 12.1. The van der Waals surface area contributed by atoms with Gasteiger partial charge in [0.25, 0.3) is 11.7 Å². The first-order valence-corrected chi connectivity index (χ1v) is 9.69. The van der Waals surface area contributed by atoms with Gasteiger partial charge in [-0.05, 0) is 18.8 Å². The fraction of sp³-hybridized carbons (Fsp3) is 0.737. The maximum Gasteiger partial charge on any atom is 0.326 e. The van der Waals surface area contributed by atoms with Gasteiger partial charge in [0.05, 0.1) is 0 Å². The summed E-state index contributed by atoms with van der Waals surface area (Å²) in [6, 6.07) is 0. The van der Waals surface area contributed by atoms with Crippen molar-refractivity contribution in [3.8, 4) is 0 Å². The molecule has 4 aliphatic rings. The Bertz CT molecular complexity index is 836. The minimum absolute atomic E-state index is 0.0249. The zero-order valence-corrected chi connectivity index (χ0v) is 16.3. The molecule has 7 nitrogen and oxygen atoms in total. The highest BCUT2D eigenvalue weighted by molar-refractivity contribution is 5.92. The summed E-state index contributed by atoms with van der Waals surface area (Å²) in [4.78, 5) is 45.5. The molecule has 5 rings (SSSR count). The number of H-pyrrole nitrogens is 2. The number of hydrogen-bond donors (Lipinski definition) is 4. The Morgan fingerprint density at radius 3 is 1.77 bits per heavy atom. The first kappa shape index (κ1) is 17.7. The summed E-state index contributed by atoms with van der Waals surface area (Å²) in [6.07, 6.45) is 0.0249. The van der Waals surface area contributed by atoms with Crippen molar-refractivity contribution in [2.75, 3.05) is 26.2 Å². The molecule has 0 atom stereocenters. The van der Waals surface area contributed by atoms with Crippen LogP contribution in [0.4, 0.5) is 0 Å². The van der Waals surface area contributed by atoms with E-state index in [-0.39, 0.29) is 22.6 Å². The second kappa shape index (κ2) is 5.39. The van der Waals surface area contributed by atoms with E-state index in [0.29, 0.717) is 23.2 Å². The van der Waals surface area contributed by atoms with Crippen LogP contribution in [-0.4, -0.2) is 41.9 Å². The third kappa shape index (κ3) is 2.04. The van der Waals surface area contributed by atoms with Gasteiger partial charge in [-0.2, -0.15) is 0 Å². The number of Topliss-reactive ketones (excluding diaryl/α,β-unsaturated/α-hetero) is 1. The van der Waals surface area contributed by atoms with E-state index < -0.39 is 5.69 Å². The largest absolute Gasteiger partial charge is 0.326 e. The molecule has 4 saturated heterocycles. The van der Waals surface area contributed by atoms with E-state index >= 15 is 0 Å². The topological polar surface area (TPSA) is 91.7 Å². The highest BCUT2D eigenvalue weighted by Gasteiger charge is 2.73. The van der Waals surface area contributed by atoms with Crippen LogP contribution < -0.4 is 21.0 Å². The molecule has 0 unspecified atom stereocenters. The third-order valence-electron chi connectivity index (χ3n) is 7.61. The lowest BCUT2D eigenvalue weighted by Gasteiger charge is -2.62. The van der Waals surface area contributed by atoms with Crippen LogP contribution in [-0.2, 0) is 4.79 Å². The number of ketones is 1. The Balaban J connectivity index is 1.86. The summed E-state index contributed by atoms with van der Waals surface area (Å²) in [6.45, 7) is 13.6. The fourth-order valence-electron chi connectivity index (χ4n) is 5.99. The van der Waals surface area contributed by atoms with Gasteiger partial charge < -0.3 is 4.98 Å². The standard InChI is InChI=1S/C19H28N4O3/c1-10(2)18-6-22-8-19(11(3)4,16(18)25)9-23(7-18)15(22)13-12(5)14(24)21-17(26)20-13/h10-11,15H,6-9H2,1-5H3,(H2,20,21,24,26)/p+2. The van der Waals surface area contributed by atoms with Crippen LogP contribution in [0, 0.1) is 29.6 Å². The molecule has 0 amide bonds. The average molecular weight is 362 g/mol. The van der Waals surface area contributed by atoms with Crippen molar-refractivity contribution in [2.45, 2.75) is 40.8 Å². The van der Waals surface area contributed by atoms with Crippen molar-refractivity contribution >= 4 is 5.78 Å². The maximum absolute atomic E-state index is 13.6. The molecule has 1 aromatic heterocycles. The van der Waals surface area contributed by atoms with Gasteiger partial charge in [0.15, 0.2) is 5.78 Å². The Kier molecular flexibility index (Phi) is 3.66. The zero-order chi connectivity index (χ0) is 19.0. The van der Waals surface area contributed by atoms with Gasteiger partial charge in [0.2, 0.25) is 0 Å². The predicted octanol–water partition coefficient (Wildman–Crippen LogP) is -1.97. The molecule has 4 fully saturated rings. The van der Waals surface area contributed by atoms with Gasteiger partial charge in [-0.25, -0.2) is 4.79 Å². The molecule has 0 saturated carbocycles. The van der Waals surface area contributed by atoms with Crippen molar-refractivity contribution in [2.24, 2.45) is 22.7 Å². The molecule has 1 aromatic rings. The predicted molar refractivity (Wildman–Crippen MR) is 96.1 cm³/mol. The van der Waals surface area contributed by atoms with Crippen molar-refractivity contribution in [3.63, 3.8) is 0 Å². The molecule has 26 heavy (non-hydrogen) atoms. The minimum atomic E-state index is -0.446. The van der Waals surface area contributed by atoms with Crippen LogP contribution in [0.3, 0.4) is 0 Å². The van der Waals surface area contributed by atoms with Gasteiger partial charge in [0.1, 0.15) is 42.7 Å². The van der Waals surface area contributed by atoms with E-state index in [1.165, 1.54) is 9.80 Å². The third-order valence-corrected chi connectivity index (χ3v) is 7.61. The molecule has 0 spiro atoms. The maximum atomic E-state index is 13.6. The number of aromatic nitrogens is 2. The summed E-state index contributed by atoms with van der Waals surface area (Å²) in [5.41, 5.74) is -0.0153. The Morgan fingerprint density at radius 2 is 1.35 bits per heavy atom. The average Bonchev–Trinajstić information content (AvgIpc) is 2.54. The molecular formula is C19H30N4O3+2. The van der Waals surface area contributed by atoms with Crippen molar-refractivity contribution in [1.29, 1.82) is 0 Å². The molecule has 0 aliphatic carbocycles. The van der Waals surface area contributed by atoms with E-state index in [0.717, 1.165) is 31.9 Å². The summed E-state index contributed by atoms with van der Waals surface area (Å²) < 4.78 is 0. The number of carbonyl (C=O) groups excluding carboxylic acids is 1. The molecular weight excluding hydrogens is 332 g/mol. The Labute approximate surface area is 152 Å². The van der Waals surface area contributed by atoms with Crippen molar-refractivity contribution < 1.29 is 14.6 Å². The van der Waals surface area contributed by atoms with E-state index in [2.05, 4.69) is 37.7 Å². The number of quaternary nitrogens is 2. The van der Waals surface area contributed by atoms with E-state index in [1.54, 1.807) is 6.92 Å². The normalized spacial score (nSPS) is 38.6. The first-order valence-electron chi connectivity index (χ1n) is 9.69. The monoisotopic (exact) mass is 362 g/mol. The van der Waals surface area contributed by atoms with Gasteiger partial charge >= 0.3 is 5.69 Å². The van der Waals surface area contributed by atoms with Gasteiger partial charge in [-0.3, -0.25) is 24.4 Å². The molecule has 142 valence electrons. The summed E-state index contributed by atoms with van der Waals surface area (Å²) >= 11 is 0. The highest BCUT2D eigenvalue weighted by Crippen LogP contribution is 2.44. The number of rotatable bonds is 3. The van der Waals surface area contributed by atoms with Crippen LogP contribution in [0.2, 0.25) is 0 Å².